The number of amides is 1. The van der Waals surface area contributed by atoms with E-state index in [0.29, 0.717) is 17.0 Å². The average molecular weight is 330 g/mol. The molecular weight excluding hydrogens is 318 g/mol. The van der Waals surface area contributed by atoms with E-state index in [1.807, 2.05) is 6.07 Å². The largest absolute Gasteiger partial charge is 0.452 e. The van der Waals surface area contributed by atoms with Crippen molar-refractivity contribution in [2.24, 2.45) is 0 Å². The highest BCUT2D eigenvalue weighted by molar-refractivity contribution is 6.05. The van der Waals surface area contributed by atoms with Crippen LogP contribution < -0.4 is 5.32 Å². The van der Waals surface area contributed by atoms with Crippen molar-refractivity contribution >= 4 is 28.5 Å². The van der Waals surface area contributed by atoms with Crippen LogP contribution in [0.15, 0.2) is 48.7 Å². The van der Waals surface area contributed by atoms with Crippen molar-refractivity contribution in [3.05, 3.63) is 65.9 Å². The maximum absolute atomic E-state index is 13.4. The van der Waals surface area contributed by atoms with Crippen LogP contribution in [0.4, 0.5) is 14.5 Å². The highest BCUT2D eigenvalue weighted by Gasteiger charge is 2.15. The molecule has 1 aromatic heterocycles. The number of fused-ring (bicyclic) bond motifs is 1. The predicted octanol–water partition coefficient (Wildman–Crippen LogP) is 3.24. The van der Waals surface area contributed by atoms with Crippen LogP contribution in [0, 0.1) is 11.6 Å². The lowest BCUT2D eigenvalue weighted by molar-refractivity contribution is -0.119. The number of anilines is 1. The monoisotopic (exact) mass is 330 g/mol. The van der Waals surface area contributed by atoms with Crippen molar-refractivity contribution in [3.63, 3.8) is 0 Å². The maximum Gasteiger partial charge on any atom is 0.340 e. The molecular formula is C17H12F2N2O3. The lowest BCUT2D eigenvalue weighted by Gasteiger charge is -2.07. The summed E-state index contributed by atoms with van der Waals surface area (Å²) in [5, 5.41) is 2.88. The van der Waals surface area contributed by atoms with Crippen molar-refractivity contribution in [2.75, 3.05) is 11.9 Å². The number of hydrogen-bond acceptors (Lipinski definition) is 3. The third-order valence-electron chi connectivity index (χ3n) is 3.35. The Hall–Kier alpha value is -3.22. The van der Waals surface area contributed by atoms with Gasteiger partial charge in [0.15, 0.2) is 6.61 Å². The molecule has 0 aliphatic heterocycles. The van der Waals surface area contributed by atoms with Crippen LogP contribution in [0.2, 0.25) is 0 Å². The molecule has 5 nitrogen and oxygen atoms in total. The van der Waals surface area contributed by atoms with Gasteiger partial charge < -0.3 is 15.0 Å². The van der Waals surface area contributed by atoms with Crippen LogP contribution in [-0.4, -0.2) is 23.5 Å². The van der Waals surface area contributed by atoms with Crippen LogP contribution in [0.1, 0.15) is 10.4 Å². The molecule has 0 atom stereocenters. The number of carbonyl (C=O) groups is 2. The lowest BCUT2D eigenvalue weighted by atomic mass is 10.2. The molecule has 24 heavy (non-hydrogen) atoms. The summed E-state index contributed by atoms with van der Waals surface area (Å²) in [4.78, 5) is 26.7. The van der Waals surface area contributed by atoms with Crippen LogP contribution in [0.3, 0.4) is 0 Å². The summed E-state index contributed by atoms with van der Waals surface area (Å²) >= 11 is 0. The minimum Gasteiger partial charge on any atom is -0.452 e. The first kappa shape index (κ1) is 15.7. The molecule has 122 valence electrons. The van der Waals surface area contributed by atoms with Crippen molar-refractivity contribution in [2.45, 2.75) is 0 Å². The summed E-state index contributed by atoms with van der Waals surface area (Å²) in [7, 11) is 0. The molecule has 0 aliphatic carbocycles. The van der Waals surface area contributed by atoms with Gasteiger partial charge in [-0.05, 0) is 18.2 Å². The number of aromatic nitrogens is 1. The first-order valence-corrected chi connectivity index (χ1v) is 7.03. The van der Waals surface area contributed by atoms with E-state index in [0.717, 1.165) is 17.6 Å². The normalized spacial score (nSPS) is 10.6. The predicted molar refractivity (Wildman–Crippen MR) is 83.6 cm³/mol. The standard InChI is InChI=1S/C17H12F2N2O3/c18-10-5-6-15(13(19)7-10)21-16(22)9-24-17(23)12-8-20-14-4-2-1-3-11(12)14/h1-8,20H,9H2,(H,21,22). The van der Waals surface area contributed by atoms with Gasteiger partial charge in [0, 0.05) is 23.2 Å². The van der Waals surface area contributed by atoms with Gasteiger partial charge in [0.1, 0.15) is 11.6 Å². The molecule has 0 bridgehead atoms. The zero-order valence-electron chi connectivity index (χ0n) is 12.3. The second kappa shape index (κ2) is 6.49. The number of ether oxygens (including phenoxy) is 1. The van der Waals surface area contributed by atoms with E-state index < -0.39 is 30.1 Å². The number of rotatable bonds is 4. The molecule has 0 fully saturated rings. The fraction of sp³-hybridized carbons (Fsp3) is 0.0588. The Morgan fingerprint density at radius 3 is 2.71 bits per heavy atom. The quantitative estimate of drug-likeness (QED) is 0.722. The Bertz CT molecular complexity index is 921. The Labute approximate surface area is 135 Å². The minimum absolute atomic E-state index is 0.190. The molecule has 2 aromatic carbocycles. The molecule has 3 aromatic rings. The van der Waals surface area contributed by atoms with Gasteiger partial charge in [0.05, 0.1) is 11.3 Å². The number of hydrogen-bond donors (Lipinski definition) is 2. The van der Waals surface area contributed by atoms with Crippen LogP contribution in [0.25, 0.3) is 10.9 Å². The highest BCUT2D eigenvalue weighted by Crippen LogP contribution is 2.18. The average Bonchev–Trinajstić information content (AvgIpc) is 2.99. The van der Waals surface area contributed by atoms with Gasteiger partial charge in [-0.15, -0.1) is 0 Å². The molecule has 7 heteroatoms. The first-order chi connectivity index (χ1) is 11.5. The lowest BCUT2D eigenvalue weighted by Crippen LogP contribution is -2.21. The van der Waals surface area contributed by atoms with Gasteiger partial charge >= 0.3 is 5.97 Å². The molecule has 1 heterocycles. The summed E-state index contributed by atoms with van der Waals surface area (Å²) in [6.07, 6.45) is 1.49. The van der Waals surface area contributed by atoms with Crippen LogP contribution >= 0.6 is 0 Å². The van der Waals surface area contributed by atoms with E-state index in [9.17, 15) is 18.4 Å². The molecule has 1 amide bonds. The number of para-hydroxylation sites is 1. The van der Waals surface area contributed by atoms with E-state index in [1.54, 1.807) is 18.2 Å². The van der Waals surface area contributed by atoms with Gasteiger partial charge in [-0.3, -0.25) is 4.79 Å². The van der Waals surface area contributed by atoms with Gasteiger partial charge in [0.2, 0.25) is 0 Å². The first-order valence-electron chi connectivity index (χ1n) is 7.03. The van der Waals surface area contributed by atoms with E-state index in [2.05, 4.69) is 10.3 Å². The van der Waals surface area contributed by atoms with Crippen molar-refractivity contribution in [3.8, 4) is 0 Å². The Morgan fingerprint density at radius 2 is 1.92 bits per heavy atom. The van der Waals surface area contributed by atoms with E-state index in [1.165, 1.54) is 6.20 Å². The Morgan fingerprint density at radius 1 is 1.12 bits per heavy atom. The number of H-pyrrole nitrogens is 1. The number of benzene rings is 2. The molecule has 0 saturated carbocycles. The second-order valence-electron chi connectivity index (χ2n) is 5.00. The van der Waals surface area contributed by atoms with Gasteiger partial charge in [-0.25, -0.2) is 13.6 Å². The molecule has 0 spiro atoms. The molecule has 2 N–H and O–H groups in total. The highest BCUT2D eigenvalue weighted by atomic mass is 19.1. The van der Waals surface area contributed by atoms with Gasteiger partial charge in [-0.2, -0.15) is 0 Å². The number of aromatic amines is 1. The fourth-order valence-corrected chi connectivity index (χ4v) is 2.23. The maximum atomic E-state index is 13.4. The summed E-state index contributed by atoms with van der Waals surface area (Å²) < 4.78 is 31.2. The second-order valence-corrected chi connectivity index (χ2v) is 5.00. The van der Waals surface area contributed by atoms with Crippen LogP contribution in [-0.2, 0) is 9.53 Å². The zero-order valence-corrected chi connectivity index (χ0v) is 12.3. The zero-order chi connectivity index (χ0) is 17.1. The third kappa shape index (κ3) is 3.24. The van der Waals surface area contributed by atoms with E-state index in [4.69, 9.17) is 4.74 Å². The number of esters is 1. The van der Waals surface area contributed by atoms with E-state index in [-0.39, 0.29) is 5.69 Å². The summed E-state index contributed by atoms with van der Waals surface area (Å²) in [5.41, 5.74) is 0.873. The fourth-order valence-electron chi connectivity index (χ4n) is 2.23. The van der Waals surface area contributed by atoms with E-state index >= 15 is 0 Å². The van der Waals surface area contributed by atoms with Crippen molar-refractivity contribution in [1.82, 2.24) is 4.98 Å². The molecule has 0 aliphatic rings. The molecule has 0 saturated heterocycles. The molecule has 0 unspecified atom stereocenters. The number of carbonyl (C=O) groups excluding carboxylic acids is 2. The summed E-state index contributed by atoms with van der Waals surface area (Å²) in [6.45, 7) is -0.588. The summed E-state index contributed by atoms with van der Waals surface area (Å²) in [6, 6.07) is 9.89. The third-order valence-corrected chi connectivity index (χ3v) is 3.35. The summed E-state index contributed by atoms with van der Waals surface area (Å²) in [5.74, 6) is -3.07. The molecule has 3 rings (SSSR count). The van der Waals surface area contributed by atoms with Crippen LogP contribution in [0.5, 0.6) is 0 Å². The number of halogens is 2. The smallest absolute Gasteiger partial charge is 0.340 e. The SMILES string of the molecule is O=C(COC(=O)c1c[nH]c2ccccc12)Nc1ccc(F)cc1F. The minimum atomic E-state index is -0.911. The number of nitrogens with one attached hydrogen (secondary N) is 2. The topological polar surface area (TPSA) is 71.2 Å². The van der Waals surface area contributed by atoms with Crippen molar-refractivity contribution < 1.29 is 23.1 Å². The van der Waals surface area contributed by atoms with Gasteiger partial charge in [-0.1, -0.05) is 18.2 Å². The van der Waals surface area contributed by atoms with Gasteiger partial charge in [0.25, 0.3) is 5.91 Å². The Kier molecular flexibility index (Phi) is 4.24. The molecule has 0 radical (unpaired) electrons. The van der Waals surface area contributed by atoms with Crippen molar-refractivity contribution in [1.29, 1.82) is 0 Å². The Balaban J connectivity index is 1.62.